The van der Waals surface area contributed by atoms with Crippen molar-refractivity contribution in [3.63, 3.8) is 0 Å². The Morgan fingerprint density at radius 3 is 1.88 bits per heavy atom. The summed E-state index contributed by atoms with van der Waals surface area (Å²) in [5.41, 5.74) is 2.45. The van der Waals surface area contributed by atoms with Crippen molar-refractivity contribution in [2.45, 2.75) is 32.1 Å². The van der Waals surface area contributed by atoms with Crippen LogP contribution in [0.1, 0.15) is 30.4 Å². The van der Waals surface area contributed by atoms with Gasteiger partial charge in [0.25, 0.3) is 0 Å². The molecule has 2 aromatic carbocycles. The van der Waals surface area contributed by atoms with Crippen LogP contribution in [0.4, 0.5) is 0 Å². The van der Waals surface area contributed by atoms with E-state index in [0.29, 0.717) is 19.4 Å². The predicted molar refractivity (Wildman–Crippen MR) is 98.3 cm³/mol. The number of hydrogen-bond acceptors (Lipinski definition) is 2. The lowest BCUT2D eigenvalue weighted by Crippen LogP contribution is -2.28. The van der Waals surface area contributed by atoms with Crippen molar-refractivity contribution >= 4 is 11.9 Å². The molecule has 0 aliphatic heterocycles. The largest absolute Gasteiger partial charge is 0.481 e. The van der Waals surface area contributed by atoms with Crippen LogP contribution in [0, 0.1) is 5.92 Å². The van der Waals surface area contributed by atoms with E-state index >= 15 is 0 Å². The molecule has 2 rings (SSSR count). The van der Waals surface area contributed by atoms with Gasteiger partial charge in [0.15, 0.2) is 0 Å². The molecule has 4 heteroatoms. The van der Waals surface area contributed by atoms with Gasteiger partial charge in [0.2, 0.25) is 5.91 Å². The lowest BCUT2D eigenvalue weighted by atomic mass is 9.89. The van der Waals surface area contributed by atoms with Crippen LogP contribution in [0.2, 0.25) is 0 Å². The summed E-state index contributed by atoms with van der Waals surface area (Å²) in [7, 11) is 0. The number of hydrogen-bond donors (Lipinski definition) is 2. The van der Waals surface area contributed by atoms with Crippen LogP contribution in [0.15, 0.2) is 60.7 Å². The first-order valence-electron chi connectivity index (χ1n) is 8.70. The number of benzene rings is 2. The molecular formula is C21H25NO3. The molecule has 25 heavy (non-hydrogen) atoms. The number of carbonyl (C=O) groups excluding carboxylic acids is 1. The third-order valence-electron chi connectivity index (χ3n) is 4.10. The van der Waals surface area contributed by atoms with Crippen LogP contribution in [0.25, 0.3) is 0 Å². The summed E-state index contributed by atoms with van der Waals surface area (Å²) >= 11 is 0. The fourth-order valence-electron chi connectivity index (χ4n) is 2.91. The summed E-state index contributed by atoms with van der Waals surface area (Å²) in [6, 6.07) is 20.4. The number of amides is 1. The molecule has 0 aromatic heterocycles. The standard InChI is InChI=1S/C21H25NO3/c23-20(22-13-7-12-21(24)25)16-19(14-17-8-3-1-4-9-17)15-18-10-5-2-6-11-18/h1-6,8-11,19H,7,12-16H2,(H,22,23)(H,24,25). The Morgan fingerprint density at radius 1 is 0.880 bits per heavy atom. The number of nitrogens with one attached hydrogen (secondary N) is 1. The van der Waals surface area contributed by atoms with Crippen molar-refractivity contribution in [1.29, 1.82) is 0 Å². The Morgan fingerprint density at radius 2 is 1.40 bits per heavy atom. The molecule has 2 N–H and O–H groups in total. The van der Waals surface area contributed by atoms with Crippen LogP contribution in [-0.2, 0) is 22.4 Å². The normalized spacial score (nSPS) is 10.6. The number of carboxylic acids is 1. The zero-order chi connectivity index (χ0) is 17.9. The van der Waals surface area contributed by atoms with Crippen molar-refractivity contribution in [2.24, 2.45) is 5.92 Å². The Hall–Kier alpha value is -2.62. The maximum Gasteiger partial charge on any atom is 0.303 e. The molecule has 0 bridgehead atoms. The van der Waals surface area contributed by atoms with Crippen LogP contribution >= 0.6 is 0 Å². The Bertz CT molecular complexity index is 614. The highest BCUT2D eigenvalue weighted by Crippen LogP contribution is 2.18. The maximum absolute atomic E-state index is 12.2. The van der Waals surface area contributed by atoms with Gasteiger partial charge in [0.05, 0.1) is 0 Å². The Balaban J connectivity index is 1.91. The van der Waals surface area contributed by atoms with Crippen LogP contribution in [0.3, 0.4) is 0 Å². The van der Waals surface area contributed by atoms with Gasteiger partial charge < -0.3 is 10.4 Å². The van der Waals surface area contributed by atoms with Gasteiger partial charge in [-0.1, -0.05) is 60.7 Å². The fourth-order valence-corrected chi connectivity index (χ4v) is 2.91. The molecule has 0 radical (unpaired) electrons. The number of carboxylic acid groups (broad SMARTS) is 1. The van der Waals surface area contributed by atoms with Gasteiger partial charge in [0, 0.05) is 19.4 Å². The quantitative estimate of drug-likeness (QED) is 0.652. The zero-order valence-corrected chi connectivity index (χ0v) is 14.4. The number of aliphatic carboxylic acids is 1. The van der Waals surface area contributed by atoms with Crippen molar-refractivity contribution in [3.8, 4) is 0 Å². The van der Waals surface area contributed by atoms with Gasteiger partial charge in [0.1, 0.15) is 0 Å². The summed E-state index contributed by atoms with van der Waals surface area (Å²) in [6.45, 7) is 0.411. The first-order chi connectivity index (χ1) is 12.1. The molecule has 0 atom stereocenters. The third-order valence-corrected chi connectivity index (χ3v) is 4.10. The summed E-state index contributed by atoms with van der Waals surface area (Å²) in [6.07, 6.45) is 2.67. The van der Waals surface area contributed by atoms with Gasteiger partial charge in [-0.15, -0.1) is 0 Å². The van der Waals surface area contributed by atoms with Gasteiger partial charge in [-0.05, 0) is 36.3 Å². The first kappa shape index (κ1) is 18.7. The van der Waals surface area contributed by atoms with Crippen molar-refractivity contribution in [1.82, 2.24) is 5.32 Å². The monoisotopic (exact) mass is 339 g/mol. The topological polar surface area (TPSA) is 66.4 Å². The van der Waals surface area contributed by atoms with Gasteiger partial charge in [-0.25, -0.2) is 0 Å². The van der Waals surface area contributed by atoms with E-state index < -0.39 is 5.97 Å². The van der Waals surface area contributed by atoms with Crippen molar-refractivity contribution in [2.75, 3.05) is 6.54 Å². The van der Waals surface area contributed by atoms with Crippen molar-refractivity contribution in [3.05, 3.63) is 71.8 Å². The molecule has 0 fully saturated rings. The van der Waals surface area contributed by atoms with E-state index in [-0.39, 0.29) is 18.2 Å². The summed E-state index contributed by atoms with van der Waals surface area (Å²) in [4.78, 5) is 22.7. The molecule has 0 saturated carbocycles. The van der Waals surface area contributed by atoms with Gasteiger partial charge in [-0.2, -0.15) is 0 Å². The minimum Gasteiger partial charge on any atom is -0.481 e. The van der Waals surface area contributed by atoms with E-state index in [1.54, 1.807) is 0 Å². The van der Waals surface area contributed by atoms with Gasteiger partial charge in [-0.3, -0.25) is 9.59 Å². The van der Waals surface area contributed by atoms with E-state index in [1.165, 1.54) is 11.1 Å². The number of carbonyl (C=O) groups is 2. The molecule has 132 valence electrons. The molecule has 0 aliphatic carbocycles. The summed E-state index contributed by atoms with van der Waals surface area (Å²) in [5, 5.41) is 11.5. The molecule has 1 amide bonds. The Labute approximate surface area is 148 Å². The lowest BCUT2D eigenvalue weighted by Gasteiger charge is -2.17. The minimum atomic E-state index is -0.833. The minimum absolute atomic E-state index is 0.0118. The number of rotatable bonds is 10. The van der Waals surface area contributed by atoms with Gasteiger partial charge >= 0.3 is 5.97 Å². The predicted octanol–water partition coefficient (Wildman–Crippen LogP) is 3.46. The van der Waals surface area contributed by atoms with E-state index in [1.807, 2.05) is 36.4 Å². The first-order valence-corrected chi connectivity index (χ1v) is 8.70. The molecule has 0 saturated heterocycles. The van der Waals surface area contributed by atoms with E-state index in [4.69, 9.17) is 5.11 Å². The molecule has 0 aliphatic rings. The molecular weight excluding hydrogens is 314 g/mol. The van der Waals surface area contributed by atoms with E-state index in [0.717, 1.165) is 12.8 Å². The third kappa shape index (κ3) is 7.66. The smallest absolute Gasteiger partial charge is 0.303 e. The van der Waals surface area contributed by atoms with E-state index in [9.17, 15) is 9.59 Å². The Kier molecular flexibility index (Phi) is 7.70. The average molecular weight is 339 g/mol. The molecule has 0 unspecified atom stereocenters. The summed E-state index contributed by atoms with van der Waals surface area (Å²) < 4.78 is 0. The second-order valence-electron chi connectivity index (χ2n) is 6.30. The second-order valence-corrected chi connectivity index (χ2v) is 6.30. The average Bonchev–Trinajstić information content (AvgIpc) is 2.60. The summed E-state index contributed by atoms with van der Waals surface area (Å²) in [5.74, 6) is -0.633. The van der Waals surface area contributed by atoms with E-state index in [2.05, 4.69) is 29.6 Å². The van der Waals surface area contributed by atoms with Crippen LogP contribution < -0.4 is 5.32 Å². The molecule has 2 aromatic rings. The highest BCUT2D eigenvalue weighted by Gasteiger charge is 2.15. The molecule has 0 heterocycles. The highest BCUT2D eigenvalue weighted by atomic mass is 16.4. The van der Waals surface area contributed by atoms with Crippen molar-refractivity contribution < 1.29 is 14.7 Å². The SMILES string of the molecule is O=C(O)CCCNC(=O)CC(Cc1ccccc1)Cc1ccccc1. The van der Waals surface area contributed by atoms with Crippen LogP contribution in [0.5, 0.6) is 0 Å². The fraction of sp³-hybridized carbons (Fsp3) is 0.333. The lowest BCUT2D eigenvalue weighted by molar-refractivity contribution is -0.137. The van der Waals surface area contributed by atoms with Crippen LogP contribution in [-0.4, -0.2) is 23.5 Å². The maximum atomic E-state index is 12.2. The molecule has 4 nitrogen and oxygen atoms in total. The highest BCUT2D eigenvalue weighted by molar-refractivity contribution is 5.76. The zero-order valence-electron chi connectivity index (χ0n) is 14.4. The molecule has 0 spiro atoms. The second kappa shape index (κ2) is 10.3.